The number of nitrogens with zero attached hydrogens (tertiary/aromatic N) is 3. The molecule has 33 heavy (non-hydrogen) atoms. The first-order valence-corrected chi connectivity index (χ1v) is 11.4. The maximum Gasteiger partial charge on any atom is 0.357 e. The molecule has 0 aliphatic carbocycles. The van der Waals surface area contributed by atoms with E-state index in [1.165, 1.54) is 42.2 Å². The van der Waals surface area contributed by atoms with Crippen LogP contribution in [0, 0.1) is 5.82 Å². The monoisotopic (exact) mass is 468 g/mol. The fourth-order valence-corrected chi connectivity index (χ4v) is 4.12. The summed E-state index contributed by atoms with van der Waals surface area (Å²) in [4.78, 5) is 43.1. The maximum atomic E-state index is 13.3. The second-order valence-corrected chi connectivity index (χ2v) is 8.01. The molecule has 1 fully saturated rings. The number of aromatic nitrogens is 2. The number of nitrogens with one attached hydrogen (secondary N) is 1. The Kier molecular flexibility index (Phi) is 6.74. The summed E-state index contributed by atoms with van der Waals surface area (Å²) in [7, 11) is 0. The highest BCUT2D eigenvalue weighted by molar-refractivity contribution is 7.98. The van der Waals surface area contributed by atoms with Gasteiger partial charge in [0.2, 0.25) is 5.91 Å². The number of para-hydroxylation sites is 2. The van der Waals surface area contributed by atoms with Gasteiger partial charge in [0.05, 0.1) is 17.6 Å². The molecule has 1 saturated heterocycles. The molecular weight excluding hydrogens is 447 g/mol. The van der Waals surface area contributed by atoms with Crippen LogP contribution in [0.1, 0.15) is 23.3 Å². The molecule has 4 rings (SSSR count). The minimum absolute atomic E-state index is 0.00165. The second kappa shape index (κ2) is 9.86. The van der Waals surface area contributed by atoms with Crippen LogP contribution in [-0.4, -0.2) is 46.7 Å². The van der Waals surface area contributed by atoms with E-state index in [1.54, 1.807) is 40.0 Å². The number of benzene rings is 2. The first-order valence-electron chi connectivity index (χ1n) is 10.2. The third kappa shape index (κ3) is 4.90. The Morgan fingerprint density at radius 1 is 1.18 bits per heavy atom. The van der Waals surface area contributed by atoms with Crippen molar-refractivity contribution in [2.75, 3.05) is 29.6 Å². The molecule has 10 heteroatoms. The van der Waals surface area contributed by atoms with Crippen LogP contribution in [0.25, 0.3) is 5.69 Å². The van der Waals surface area contributed by atoms with Gasteiger partial charge in [-0.2, -0.15) is 0 Å². The third-order valence-corrected chi connectivity index (χ3v) is 5.74. The Bertz CT molecular complexity index is 1200. The lowest BCUT2D eigenvalue weighted by molar-refractivity contribution is -0.119. The van der Waals surface area contributed by atoms with Crippen molar-refractivity contribution in [3.8, 4) is 5.69 Å². The van der Waals surface area contributed by atoms with Gasteiger partial charge in [-0.3, -0.25) is 14.2 Å². The summed E-state index contributed by atoms with van der Waals surface area (Å²) >= 11 is 1.31. The molecule has 170 valence electrons. The highest BCUT2D eigenvalue weighted by atomic mass is 32.2. The van der Waals surface area contributed by atoms with E-state index in [1.807, 2.05) is 0 Å². The van der Waals surface area contributed by atoms with Crippen molar-refractivity contribution < 1.29 is 23.5 Å². The van der Waals surface area contributed by atoms with Crippen molar-refractivity contribution in [2.45, 2.75) is 18.0 Å². The van der Waals surface area contributed by atoms with Crippen LogP contribution >= 0.6 is 11.8 Å². The predicted molar refractivity (Wildman–Crippen MR) is 122 cm³/mol. The molecule has 0 radical (unpaired) electrons. The number of imidazole rings is 1. The summed E-state index contributed by atoms with van der Waals surface area (Å²) in [5.41, 5.74) is 1.73. The molecule has 2 amide bonds. The van der Waals surface area contributed by atoms with Crippen molar-refractivity contribution in [1.29, 1.82) is 0 Å². The van der Waals surface area contributed by atoms with E-state index in [0.717, 1.165) is 6.42 Å². The fourth-order valence-electron chi connectivity index (χ4n) is 3.57. The van der Waals surface area contributed by atoms with Crippen molar-refractivity contribution in [1.82, 2.24) is 9.55 Å². The molecule has 1 N–H and O–H groups in total. The number of carbonyl (C=O) groups excluding carboxylic acids is 3. The SMILES string of the molecule is CSc1ncc(C(=O)OCC(=O)Nc2ccccc2N2CCCC2=O)n1-c1ccc(F)cc1. The number of carbonyl (C=O) groups is 3. The van der Waals surface area contributed by atoms with Crippen molar-refractivity contribution in [3.05, 3.63) is 66.2 Å². The number of ether oxygens (including phenoxy) is 1. The molecule has 0 atom stereocenters. The third-order valence-electron chi connectivity index (χ3n) is 5.08. The van der Waals surface area contributed by atoms with Crippen molar-refractivity contribution in [2.24, 2.45) is 0 Å². The standard InChI is InChI=1S/C23H21FN4O4S/c1-33-23-25-13-19(28(23)16-10-8-15(24)9-11-16)22(31)32-14-20(29)26-17-5-2-3-6-18(17)27-12-4-7-21(27)30/h2-3,5-6,8-11,13H,4,7,12,14H2,1H3,(H,26,29). The molecule has 3 aromatic rings. The van der Waals surface area contributed by atoms with Gasteiger partial charge >= 0.3 is 5.97 Å². The van der Waals surface area contributed by atoms with Gasteiger partial charge in [-0.05, 0) is 49.1 Å². The lowest BCUT2D eigenvalue weighted by Gasteiger charge is -2.20. The molecule has 2 heterocycles. The summed E-state index contributed by atoms with van der Waals surface area (Å²) in [5, 5.41) is 3.22. The molecule has 0 saturated carbocycles. The van der Waals surface area contributed by atoms with Gasteiger partial charge in [-0.15, -0.1) is 0 Å². The van der Waals surface area contributed by atoms with Gasteiger partial charge in [-0.25, -0.2) is 14.2 Å². The van der Waals surface area contributed by atoms with Crippen LogP contribution in [0.5, 0.6) is 0 Å². The van der Waals surface area contributed by atoms with E-state index in [2.05, 4.69) is 10.3 Å². The Labute approximate surface area is 193 Å². The number of anilines is 2. The zero-order valence-electron chi connectivity index (χ0n) is 17.8. The minimum Gasteiger partial charge on any atom is -0.451 e. The van der Waals surface area contributed by atoms with E-state index < -0.39 is 24.3 Å². The summed E-state index contributed by atoms with van der Waals surface area (Å²) < 4.78 is 20.1. The topological polar surface area (TPSA) is 93.5 Å². The minimum atomic E-state index is -0.745. The van der Waals surface area contributed by atoms with Crippen LogP contribution in [0.3, 0.4) is 0 Å². The van der Waals surface area contributed by atoms with Gasteiger partial charge in [0, 0.05) is 18.7 Å². The summed E-state index contributed by atoms with van der Waals surface area (Å²) in [6.07, 6.45) is 4.38. The Morgan fingerprint density at radius 3 is 2.64 bits per heavy atom. The highest BCUT2D eigenvalue weighted by Gasteiger charge is 2.25. The van der Waals surface area contributed by atoms with Gasteiger partial charge in [0.1, 0.15) is 5.82 Å². The molecule has 2 aromatic carbocycles. The van der Waals surface area contributed by atoms with Crippen LogP contribution in [0.15, 0.2) is 59.9 Å². The van der Waals surface area contributed by atoms with Crippen LogP contribution in [-0.2, 0) is 14.3 Å². The molecule has 1 aliphatic rings. The molecule has 8 nitrogen and oxygen atoms in total. The first-order chi connectivity index (χ1) is 16.0. The molecular formula is C23H21FN4O4S. The van der Waals surface area contributed by atoms with E-state index in [9.17, 15) is 18.8 Å². The molecule has 0 bridgehead atoms. The molecule has 0 unspecified atom stereocenters. The number of amides is 2. The maximum absolute atomic E-state index is 13.3. The molecule has 1 aromatic heterocycles. The summed E-state index contributed by atoms with van der Waals surface area (Å²) in [5.74, 6) is -1.69. The number of hydrogen-bond acceptors (Lipinski definition) is 6. The summed E-state index contributed by atoms with van der Waals surface area (Å²) in [6, 6.07) is 12.6. The number of esters is 1. The van der Waals surface area contributed by atoms with Crippen molar-refractivity contribution >= 4 is 40.9 Å². The quantitative estimate of drug-likeness (QED) is 0.420. The van der Waals surface area contributed by atoms with Crippen LogP contribution < -0.4 is 10.2 Å². The van der Waals surface area contributed by atoms with Gasteiger partial charge < -0.3 is 15.0 Å². The largest absolute Gasteiger partial charge is 0.451 e. The average molecular weight is 469 g/mol. The average Bonchev–Trinajstić information content (AvgIpc) is 3.44. The normalized spacial score (nSPS) is 13.3. The molecule has 1 aliphatic heterocycles. The van der Waals surface area contributed by atoms with Gasteiger partial charge in [0.25, 0.3) is 5.91 Å². The van der Waals surface area contributed by atoms with Crippen LogP contribution in [0.4, 0.5) is 15.8 Å². The number of thioether (sulfide) groups is 1. The molecule has 0 spiro atoms. The Hall–Kier alpha value is -3.66. The zero-order valence-corrected chi connectivity index (χ0v) is 18.6. The van der Waals surface area contributed by atoms with E-state index >= 15 is 0 Å². The smallest absolute Gasteiger partial charge is 0.357 e. The number of halogens is 1. The Morgan fingerprint density at radius 2 is 1.94 bits per heavy atom. The number of hydrogen-bond donors (Lipinski definition) is 1. The number of rotatable bonds is 7. The fraction of sp³-hybridized carbons (Fsp3) is 0.217. The summed E-state index contributed by atoms with van der Waals surface area (Å²) in [6.45, 7) is 0.0656. The lowest BCUT2D eigenvalue weighted by atomic mass is 10.2. The van der Waals surface area contributed by atoms with Gasteiger partial charge in [0.15, 0.2) is 17.5 Å². The van der Waals surface area contributed by atoms with E-state index in [4.69, 9.17) is 4.74 Å². The van der Waals surface area contributed by atoms with Gasteiger partial charge in [-0.1, -0.05) is 23.9 Å². The van der Waals surface area contributed by atoms with Crippen molar-refractivity contribution in [3.63, 3.8) is 0 Å². The van der Waals surface area contributed by atoms with E-state index in [-0.39, 0.29) is 11.6 Å². The van der Waals surface area contributed by atoms with E-state index in [0.29, 0.717) is 35.2 Å². The lowest BCUT2D eigenvalue weighted by Crippen LogP contribution is -2.27. The predicted octanol–water partition coefficient (Wildman–Crippen LogP) is 3.66. The highest BCUT2D eigenvalue weighted by Crippen LogP contribution is 2.29. The zero-order chi connectivity index (χ0) is 23.4. The first kappa shape index (κ1) is 22.5. The Balaban J connectivity index is 1.45. The van der Waals surface area contributed by atoms with Crippen LogP contribution in [0.2, 0.25) is 0 Å². The second-order valence-electron chi connectivity index (χ2n) is 7.23.